The summed E-state index contributed by atoms with van der Waals surface area (Å²) in [4.78, 5) is 16.4. The first kappa shape index (κ1) is 34.0. The number of nitrogens with zero attached hydrogens (tertiary/aromatic N) is 4. The van der Waals surface area contributed by atoms with Crippen LogP contribution in [-0.2, 0) is 0 Å². The molecule has 0 radical (unpaired) electrons. The summed E-state index contributed by atoms with van der Waals surface area (Å²) in [5.74, 6) is 1.78. The van der Waals surface area contributed by atoms with Gasteiger partial charge in [0.05, 0.1) is 22.3 Å². The summed E-state index contributed by atoms with van der Waals surface area (Å²) in [5, 5.41) is 9.03. The highest BCUT2D eigenvalue weighted by atomic mass is 32.1. The third-order valence-electron chi connectivity index (χ3n) is 12.0. The number of rotatable bonds is 5. The lowest BCUT2D eigenvalue weighted by Crippen LogP contribution is -2.04. The molecule has 5 nitrogen and oxygen atoms in total. The first-order valence-electron chi connectivity index (χ1n) is 20.4. The van der Waals surface area contributed by atoms with Crippen LogP contribution in [0.3, 0.4) is 0 Å². The first-order chi connectivity index (χ1) is 30.2. The Morgan fingerprint density at radius 2 is 1.07 bits per heavy atom. The summed E-state index contributed by atoms with van der Waals surface area (Å²) in [5.41, 5.74) is 9.71. The zero-order chi connectivity index (χ0) is 40.0. The molecule has 0 fully saturated rings. The number of para-hydroxylation sites is 2. The molecule has 0 spiro atoms. The smallest absolute Gasteiger partial charge is 0.166 e. The first-order valence-corrected chi connectivity index (χ1v) is 21.2. The van der Waals surface area contributed by atoms with E-state index in [1.807, 2.05) is 18.2 Å². The molecular weight excluding hydrogens is 765 g/mol. The number of thiophene rings is 1. The van der Waals surface area contributed by atoms with Crippen molar-refractivity contribution < 1.29 is 4.42 Å². The number of benzene rings is 9. The van der Waals surface area contributed by atoms with Crippen molar-refractivity contribution in [1.82, 2.24) is 19.5 Å². The molecule has 13 rings (SSSR count). The van der Waals surface area contributed by atoms with Crippen molar-refractivity contribution in [3.8, 4) is 51.0 Å². The fraction of sp³-hybridized carbons (Fsp3) is 0. The number of furan rings is 1. The van der Waals surface area contributed by atoms with Crippen molar-refractivity contribution in [1.29, 1.82) is 0 Å². The number of hydrogen-bond acceptors (Lipinski definition) is 5. The van der Waals surface area contributed by atoms with Crippen LogP contribution >= 0.6 is 11.3 Å². The molecule has 4 heterocycles. The van der Waals surface area contributed by atoms with E-state index in [1.54, 1.807) is 11.3 Å². The molecule has 9 aromatic carbocycles. The van der Waals surface area contributed by atoms with E-state index in [-0.39, 0.29) is 0 Å². The number of aromatic nitrogens is 4. The van der Waals surface area contributed by atoms with Gasteiger partial charge in [0.2, 0.25) is 0 Å². The summed E-state index contributed by atoms with van der Waals surface area (Å²) in [6.45, 7) is 0. The van der Waals surface area contributed by atoms with Gasteiger partial charge in [-0.1, -0.05) is 140 Å². The fourth-order valence-corrected chi connectivity index (χ4v) is 10.4. The average Bonchev–Trinajstić information content (AvgIpc) is 4.00. The monoisotopic (exact) mass is 796 g/mol. The summed E-state index contributed by atoms with van der Waals surface area (Å²) in [7, 11) is 0. The van der Waals surface area contributed by atoms with Crippen LogP contribution in [0.25, 0.3) is 126 Å². The standard InChI is InChI=1S/C55H32N4OS/c1-2-14-33(15-3-1)34-18-12-19-37(30-34)53-56-54(41-23-13-27-49-50(41)40-22-8-11-26-48(40)61-49)58-55(57-53)52-44(28-29-47-51(52)39-21-7-10-25-46(39)60-47)59-43-24-9-6-20-38(43)42-31-35-16-4-5-17-36(35)32-45(42)59/h1-32H. The quantitative estimate of drug-likeness (QED) is 0.174. The Balaban J connectivity index is 1.17. The highest BCUT2D eigenvalue weighted by Gasteiger charge is 2.25. The second-order valence-corrected chi connectivity index (χ2v) is 16.6. The molecule has 0 N–H and O–H groups in total. The Bertz CT molecular complexity index is 3900. The van der Waals surface area contributed by atoms with Gasteiger partial charge in [-0.25, -0.2) is 15.0 Å². The number of fused-ring (bicyclic) bond motifs is 10. The second-order valence-electron chi connectivity index (χ2n) is 15.5. The Morgan fingerprint density at radius 3 is 1.97 bits per heavy atom. The van der Waals surface area contributed by atoms with E-state index in [4.69, 9.17) is 19.4 Å². The molecule has 0 aliphatic heterocycles. The van der Waals surface area contributed by atoms with Crippen molar-refractivity contribution in [2.24, 2.45) is 0 Å². The Kier molecular flexibility index (Phi) is 7.41. The summed E-state index contributed by atoms with van der Waals surface area (Å²) >= 11 is 1.79. The van der Waals surface area contributed by atoms with Crippen molar-refractivity contribution in [3.05, 3.63) is 194 Å². The molecular formula is C55H32N4OS. The average molecular weight is 797 g/mol. The molecule has 284 valence electrons. The molecule has 13 aromatic rings. The van der Waals surface area contributed by atoms with E-state index >= 15 is 0 Å². The van der Waals surface area contributed by atoms with Crippen molar-refractivity contribution in [3.63, 3.8) is 0 Å². The van der Waals surface area contributed by atoms with Gasteiger partial charge in [0, 0.05) is 52.8 Å². The van der Waals surface area contributed by atoms with E-state index in [9.17, 15) is 0 Å². The van der Waals surface area contributed by atoms with Crippen LogP contribution in [-0.4, -0.2) is 19.5 Å². The van der Waals surface area contributed by atoms with Crippen LogP contribution in [0.2, 0.25) is 0 Å². The van der Waals surface area contributed by atoms with Gasteiger partial charge in [0.15, 0.2) is 17.5 Å². The van der Waals surface area contributed by atoms with Crippen LogP contribution in [0.4, 0.5) is 0 Å². The maximum atomic E-state index is 6.63. The summed E-state index contributed by atoms with van der Waals surface area (Å²) in [6.07, 6.45) is 0. The lowest BCUT2D eigenvalue weighted by molar-refractivity contribution is 0.669. The third kappa shape index (κ3) is 5.29. The summed E-state index contributed by atoms with van der Waals surface area (Å²) < 4.78 is 11.4. The predicted octanol–water partition coefficient (Wildman–Crippen LogP) is 15.1. The Hall–Kier alpha value is -7.93. The van der Waals surface area contributed by atoms with Gasteiger partial charge >= 0.3 is 0 Å². The van der Waals surface area contributed by atoms with Crippen molar-refractivity contribution >= 4 is 86.0 Å². The van der Waals surface area contributed by atoms with Gasteiger partial charge in [0.25, 0.3) is 0 Å². The largest absolute Gasteiger partial charge is 0.456 e. The molecule has 61 heavy (non-hydrogen) atoms. The zero-order valence-corrected chi connectivity index (χ0v) is 33.4. The lowest BCUT2D eigenvalue weighted by atomic mass is 10.0. The highest BCUT2D eigenvalue weighted by molar-refractivity contribution is 7.25. The predicted molar refractivity (Wildman–Crippen MR) is 254 cm³/mol. The van der Waals surface area contributed by atoms with E-state index in [0.29, 0.717) is 17.5 Å². The molecule has 4 aromatic heterocycles. The normalized spacial score (nSPS) is 11.9. The number of hydrogen-bond donors (Lipinski definition) is 0. The van der Waals surface area contributed by atoms with Gasteiger partial charge in [-0.15, -0.1) is 11.3 Å². The molecule has 0 unspecified atom stereocenters. The van der Waals surface area contributed by atoms with Crippen molar-refractivity contribution in [2.75, 3.05) is 0 Å². The Morgan fingerprint density at radius 1 is 0.393 bits per heavy atom. The maximum Gasteiger partial charge on any atom is 0.166 e. The molecule has 0 bridgehead atoms. The zero-order valence-electron chi connectivity index (χ0n) is 32.6. The SMILES string of the molecule is c1ccc(-c2cccc(-c3nc(-c4c(-n5c6ccccc6c6cc7ccccc7cc65)ccc5oc6ccccc6c45)nc(-c4cccc5sc6ccccc6c45)n3)c2)cc1. The minimum absolute atomic E-state index is 0.570. The van der Waals surface area contributed by atoms with Crippen LogP contribution in [0.5, 0.6) is 0 Å². The maximum absolute atomic E-state index is 6.63. The van der Waals surface area contributed by atoms with E-state index in [0.717, 1.165) is 71.9 Å². The van der Waals surface area contributed by atoms with Crippen LogP contribution < -0.4 is 0 Å². The minimum atomic E-state index is 0.570. The van der Waals surface area contributed by atoms with Gasteiger partial charge < -0.3 is 8.98 Å². The van der Waals surface area contributed by atoms with Crippen LogP contribution in [0.15, 0.2) is 199 Å². The van der Waals surface area contributed by atoms with Gasteiger partial charge in [-0.3, -0.25) is 0 Å². The van der Waals surface area contributed by atoms with Crippen LogP contribution in [0, 0.1) is 0 Å². The van der Waals surface area contributed by atoms with E-state index in [2.05, 4.69) is 180 Å². The highest BCUT2D eigenvalue weighted by Crippen LogP contribution is 2.45. The van der Waals surface area contributed by atoms with Gasteiger partial charge in [-0.2, -0.15) is 0 Å². The van der Waals surface area contributed by atoms with Crippen molar-refractivity contribution in [2.45, 2.75) is 0 Å². The second kappa shape index (κ2) is 13.3. The molecule has 0 aliphatic rings. The van der Waals surface area contributed by atoms with E-state index < -0.39 is 0 Å². The summed E-state index contributed by atoms with van der Waals surface area (Å²) in [6, 6.07) is 68.5. The third-order valence-corrected chi connectivity index (χ3v) is 13.2. The molecule has 6 heteroatoms. The molecule has 0 aliphatic carbocycles. The van der Waals surface area contributed by atoms with E-state index in [1.165, 1.54) is 36.3 Å². The minimum Gasteiger partial charge on any atom is -0.456 e. The van der Waals surface area contributed by atoms with Gasteiger partial charge in [0.1, 0.15) is 11.2 Å². The molecule has 0 atom stereocenters. The molecule has 0 saturated carbocycles. The fourth-order valence-electron chi connectivity index (χ4n) is 9.30. The lowest BCUT2D eigenvalue weighted by Gasteiger charge is -2.16. The Labute approximate surface area is 353 Å². The molecule has 0 saturated heterocycles. The molecule has 0 amide bonds. The van der Waals surface area contributed by atoms with Crippen LogP contribution in [0.1, 0.15) is 0 Å². The van der Waals surface area contributed by atoms with Gasteiger partial charge in [-0.05, 0) is 76.5 Å². The topological polar surface area (TPSA) is 56.7 Å².